The van der Waals surface area contributed by atoms with Gasteiger partial charge in [-0.1, -0.05) is 13.0 Å². The molecular formula is C9H10O2. The zero-order valence-electron chi connectivity index (χ0n) is 6.68. The average Bonchev–Trinajstić information content (AvgIpc) is 1.99. The smallest absolute Gasteiger partial charge is 0.229 e. The Labute approximate surface area is 65.6 Å². The van der Waals surface area contributed by atoms with E-state index in [2.05, 4.69) is 0 Å². The lowest BCUT2D eigenvalue weighted by atomic mass is 9.95. The van der Waals surface area contributed by atoms with Gasteiger partial charge in [0.2, 0.25) is 11.6 Å². The second-order valence-corrected chi connectivity index (χ2v) is 2.54. The van der Waals surface area contributed by atoms with Gasteiger partial charge in [-0.2, -0.15) is 0 Å². The molecule has 2 heteroatoms. The molecule has 1 aliphatic carbocycles. The summed E-state index contributed by atoms with van der Waals surface area (Å²) in [7, 11) is 0. The number of hydrogen-bond acceptors (Lipinski definition) is 2. The van der Waals surface area contributed by atoms with Crippen LogP contribution in [0.4, 0.5) is 0 Å². The van der Waals surface area contributed by atoms with E-state index in [1.165, 1.54) is 6.08 Å². The van der Waals surface area contributed by atoms with Crippen LogP contribution >= 0.6 is 0 Å². The highest BCUT2D eigenvalue weighted by Crippen LogP contribution is 2.15. The third-order valence-corrected chi connectivity index (χ3v) is 1.81. The molecule has 1 aliphatic rings. The molecule has 0 bridgehead atoms. The third-order valence-electron chi connectivity index (χ3n) is 1.81. The Morgan fingerprint density at radius 2 is 1.91 bits per heavy atom. The molecule has 0 saturated heterocycles. The fourth-order valence-corrected chi connectivity index (χ4v) is 1.14. The van der Waals surface area contributed by atoms with Crippen molar-refractivity contribution in [2.75, 3.05) is 0 Å². The van der Waals surface area contributed by atoms with Crippen LogP contribution in [0.1, 0.15) is 20.3 Å². The molecule has 0 spiro atoms. The first-order valence-electron chi connectivity index (χ1n) is 3.63. The molecule has 0 unspecified atom stereocenters. The molecule has 1 rings (SSSR count). The average molecular weight is 150 g/mol. The van der Waals surface area contributed by atoms with Crippen LogP contribution in [-0.4, -0.2) is 11.6 Å². The maximum atomic E-state index is 11.1. The monoisotopic (exact) mass is 150 g/mol. The maximum Gasteiger partial charge on any atom is 0.229 e. The summed E-state index contributed by atoms with van der Waals surface area (Å²) >= 11 is 0. The van der Waals surface area contributed by atoms with E-state index >= 15 is 0 Å². The number of carbonyl (C=O) groups excluding carboxylic acids is 2. The predicted molar refractivity (Wildman–Crippen MR) is 42.1 cm³/mol. The maximum absolute atomic E-state index is 11.1. The quantitative estimate of drug-likeness (QED) is 0.418. The van der Waals surface area contributed by atoms with Gasteiger partial charge in [-0.25, -0.2) is 0 Å². The first-order chi connectivity index (χ1) is 5.16. The van der Waals surface area contributed by atoms with Gasteiger partial charge < -0.3 is 0 Å². The molecule has 0 fully saturated rings. The van der Waals surface area contributed by atoms with E-state index in [4.69, 9.17) is 0 Å². The van der Waals surface area contributed by atoms with Crippen LogP contribution in [0.3, 0.4) is 0 Å². The molecule has 0 aromatic heterocycles. The first kappa shape index (κ1) is 7.92. The van der Waals surface area contributed by atoms with Crippen LogP contribution < -0.4 is 0 Å². The van der Waals surface area contributed by atoms with Crippen LogP contribution in [-0.2, 0) is 9.59 Å². The molecule has 58 valence electrons. The van der Waals surface area contributed by atoms with Crippen molar-refractivity contribution in [3.63, 3.8) is 0 Å². The minimum atomic E-state index is -0.396. The van der Waals surface area contributed by atoms with E-state index < -0.39 is 5.78 Å². The SMILES string of the molecule is CCC1=C(C)C=CC(=O)C1=O. The van der Waals surface area contributed by atoms with Crippen molar-refractivity contribution in [3.8, 4) is 0 Å². The van der Waals surface area contributed by atoms with Gasteiger partial charge in [-0.3, -0.25) is 9.59 Å². The van der Waals surface area contributed by atoms with Gasteiger partial charge in [0.1, 0.15) is 0 Å². The minimum Gasteiger partial charge on any atom is -0.286 e. The van der Waals surface area contributed by atoms with Gasteiger partial charge in [0.25, 0.3) is 0 Å². The van der Waals surface area contributed by atoms with Crippen LogP contribution in [0.5, 0.6) is 0 Å². The highest BCUT2D eigenvalue weighted by atomic mass is 16.2. The first-order valence-corrected chi connectivity index (χ1v) is 3.63. The van der Waals surface area contributed by atoms with E-state index in [1.807, 2.05) is 13.8 Å². The molecule has 0 N–H and O–H groups in total. The molecule has 11 heavy (non-hydrogen) atoms. The Hall–Kier alpha value is -1.18. The van der Waals surface area contributed by atoms with Crippen molar-refractivity contribution in [1.82, 2.24) is 0 Å². The Kier molecular flexibility index (Phi) is 2.03. The molecule has 0 aliphatic heterocycles. The summed E-state index contributed by atoms with van der Waals surface area (Å²) < 4.78 is 0. The molecule has 0 heterocycles. The van der Waals surface area contributed by atoms with E-state index in [1.54, 1.807) is 6.08 Å². The fourth-order valence-electron chi connectivity index (χ4n) is 1.14. The van der Waals surface area contributed by atoms with E-state index in [9.17, 15) is 9.59 Å². The van der Waals surface area contributed by atoms with E-state index in [0.717, 1.165) is 5.57 Å². The third kappa shape index (κ3) is 1.29. The predicted octanol–water partition coefficient (Wildman–Crippen LogP) is 1.42. The largest absolute Gasteiger partial charge is 0.286 e. The number of rotatable bonds is 1. The Bertz CT molecular complexity index is 269. The standard InChI is InChI=1S/C9H10O2/c1-3-7-6(2)4-5-8(10)9(7)11/h4-5H,3H2,1-2H3. The van der Waals surface area contributed by atoms with Gasteiger partial charge in [0, 0.05) is 5.57 Å². The number of hydrogen-bond donors (Lipinski definition) is 0. The van der Waals surface area contributed by atoms with Crippen LogP contribution in [0.15, 0.2) is 23.3 Å². The van der Waals surface area contributed by atoms with Crippen LogP contribution in [0, 0.1) is 0 Å². The van der Waals surface area contributed by atoms with Crippen LogP contribution in [0.25, 0.3) is 0 Å². The van der Waals surface area contributed by atoms with E-state index in [0.29, 0.717) is 12.0 Å². The van der Waals surface area contributed by atoms with Gasteiger partial charge in [-0.05, 0) is 25.0 Å². The van der Waals surface area contributed by atoms with Crippen molar-refractivity contribution in [2.45, 2.75) is 20.3 Å². The van der Waals surface area contributed by atoms with Gasteiger partial charge in [-0.15, -0.1) is 0 Å². The summed E-state index contributed by atoms with van der Waals surface area (Å²) in [6.07, 6.45) is 3.67. The van der Waals surface area contributed by atoms with Crippen LogP contribution in [0.2, 0.25) is 0 Å². The van der Waals surface area contributed by atoms with E-state index in [-0.39, 0.29) is 5.78 Å². The van der Waals surface area contributed by atoms with Gasteiger partial charge in [0.15, 0.2) is 0 Å². The summed E-state index contributed by atoms with van der Waals surface area (Å²) in [6, 6.07) is 0. The summed E-state index contributed by atoms with van der Waals surface area (Å²) in [5.74, 6) is -0.736. The summed E-state index contributed by atoms with van der Waals surface area (Å²) in [4.78, 5) is 21.9. The minimum absolute atomic E-state index is 0.340. The fraction of sp³-hybridized carbons (Fsp3) is 0.333. The van der Waals surface area contributed by atoms with Gasteiger partial charge >= 0.3 is 0 Å². The molecule has 2 nitrogen and oxygen atoms in total. The number of ketones is 2. The zero-order valence-corrected chi connectivity index (χ0v) is 6.68. The summed E-state index contributed by atoms with van der Waals surface area (Å²) in [5.41, 5.74) is 1.56. The normalized spacial score (nSPS) is 18.0. The number of carbonyl (C=O) groups is 2. The van der Waals surface area contributed by atoms with Crippen molar-refractivity contribution in [2.24, 2.45) is 0 Å². The topological polar surface area (TPSA) is 34.1 Å². The van der Waals surface area contributed by atoms with Crippen molar-refractivity contribution < 1.29 is 9.59 Å². The number of allylic oxidation sites excluding steroid dienone is 4. The second-order valence-electron chi connectivity index (χ2n) is 2.54. The molecule has 0 saturated carbocycles. The Morgan fingerprint density at radius 1 is 1.27 bits per heavy atom. The lowest BCUT2D eigenvalue weighted by Crippen LogP contribution is -2.17. The summed E-state index contributed by atoms with van der Waals surface area (Å²) in [5, 5.41) is 0. The van der Waals surface area contributed by atoms with Crippen molar-refractivity contribution >= 4 is 11.6 Å². The molecule has 0 aromatic carbocycles. The molecular weight excluding hydrogens is 140 g/mol. The Morgan fingerprint density at radius 3 is 2.36 bits per heavy atom. The summed E-state index contributed by atoms with van der Waals surface area (Å²) in [6.45, 7) is 3.73. The molecule has 0 atom stereocenters. The molecule has 0 radical (unpaired) electrons. The lowest BCUT2D eigenvalue weighted by Gasteiger charge is -2.07. The Balaban J connectivity index is 3.09. The van der Waals surface area contributed by atoms with Gasteiger partial charge in [0.05, 0.1) is 0 Å². The lowest BCUT2D eigenvalue weighted by molar-refractivity contribution is -0.131. The highest BCUT2D eigenvalue weighted by Gasteiger charge is 2.19. The second kappa shape index (κ2) is 2.82. The highest BCUT2D eigenvalue weighted by molar-refractivity contribution is 6.48. The zero-order chi connectivity index (χ0) is 8.43. The molecule has 0 amide bonds. The molecule has 0 aromatic rings. The van der Waals surface area contributed by atoms with Crippen molar-refractivity contribution in [3.05, 3.63) is 23.3 Å². The van der Waals surface area contributed by atoms with Crippen molar-refractivity contribution in [1.29, 1.82) is 0 Å². The number of Topliss-reactive ketones (excluding diaryl/α,β-unsaturated/α-hetero) is 1.